The van der Waals surface area contributed by atoms with Crippen molar-refractivity contribution in [3.63, 3.8) is 0 Å². The van der Waals surface area contributed by atoms with Crippen LogP contribution in [0.15, 0.2) is 48.5 Å². The van der Waals surface area contributed by atoms with Crippen LogP contribution in [0.3, 0.4) is 0 Å². The molecule has 1 heterocycles. The predicted octanol–water partition coefficient (Wildman–Crippen LogP) is 4.57. The molecule has 0 spiro atoms. The second-order valence-corrected chi connectivity index (χ2v) is 5.73. The molecule has 0 aliphatic carbocycles. The number of hydrogen-bond acceptors (Lipinski definition) is 3. The Morgan fingerprint density at radius 3 is 2.48 bits per heavy atom. The van der Waals surface area contributed by atoms with E-state index in [-0.39, 0.29) is 0 Å². The molecule has 0 atom stereocenters. The van der Waals surface area contributed by atoms with Crippen LogP contribution in [-0.4, -0.2) is 17.1 Å². The van der Waals surface area contributed by atoms with Crippen molar-refractivity contribution in [1.29, 1.82) is 0 Å². The van der Waals surface area contributed by atoms with Gasteiger partial charge in [0.25, 0.3) is 0 Å². The molecule has 0 bridgehead atoms. The van der Waals surface area contributed by atoms with E-state index in [9.17, 15) is 0 Å². The van der Waals surface area contributed by atoms with Crippen molar-refractivity contribution in [2.75, 3.05) is 7.11 Å². The summed E-state index contributed by atoms with van der Waals surface area (Å²) in [6, 6.07) is 16.4. The Morgan fingerprint density at radius 1 is 0.957 bits per heavy atom. The topological polar surface area (TPSA) is 35.0 Å². The molecule has 3 aromatic rings. The molecule has 0 fully saturated rings. The van der Waals surface area contributed by atoms with Crippen LogP contribution in [-0.2, 0) is 12.8 Å². The molecule has 0 saturated carbocycles. The highest BCUT2D eigenvalue weighted by atomic mass is 16.5. The van der Waals surface area contributed by atoms with Crippen molar-refractivity contribution in [1.82, 2.24) is 9.97 Å². The summed E-state index contributed by atoms with van der Waals surface area (Å²) >= 11 is 0. The molecule has 0 amide bonds. The summed E-state index contributed by atoms with van der Waals surface area (Å²) in [5.41, 5.74) is 3.40. The molecule has 118 valence electrons. The van der Waals surface area contributed by atoms with E-state index in [1.807, 2.05) is 18.2 Å². The van der Waals surface area contributed by atoms with Crippen LogP contribution >= 0.6 is 0 Å². The van der Waals surface area contributed by atoms with E-state index in [0.29, 0.717) is 0 Å². The molecule has 2 aromatic carbocycles. The summed E-state index contributed by atoms with van der Waals surface area (Å²) in [5.74, 6) is 1.76. The van der Waals surface area contributed by atoms with E-state index in [2.05, 4.69) is 37.3 Å². The number of fused-ring (bicyclic) bond motifs is 1. The smallest absolute Gasteiger partial charge is 0.133 e. The highest BCUT2D eigenvalue weighted by Gasteiger charge is 2.08. The number of para-hydroxylation sites is 1. The number of nitrogens with zero attached hydrogens (tertiary/aromatic N) is 2. The van der Waals surface area contributed by atoms with Crippen LogP contribution in [0.5, 0.6) is 5.75 Å². The first-order valence-electron chi connectivity index (χ1n) is 8.17. The number of benzene rings is 2. The molecular formula is C20H22N2O. The largest absolute Gasteiger partial charge is 0.497 e. The monoisotopic (exact) mass is 306 g/mol. The molecule has 3 nitrogen and oxygen atoms in total. The average molecular weight is 306 g/mol. The maximum atomic E-state index is 5.21. The molecule has 0 N–H and O–H groups in total. The van der Waals surface area contributed by atoms with Gasteiger partial charge in [-0.3, -0.25) is 0 Å². The van der Waals surface area contributed by atoms with E-state index >= 15 is 0 Å². The van der Waals surface area contributed by atoms with E-state index in [4.69, 9.17) is 14.7 Å². The molecule has 0 saturated heterocycles. The van der Waals surface area contributed by atoms with E-state index < -0.39 is 0 Å². The second kappa shape index (κ2) is 7.23. The third-order valence-electron chi connectivity index (χ3n) is 4.02. The Labute approximate surface area is 137 Å². The van der Waals surface area contributed by atoms with Gasteiger partial charge in [-0.05, 0) is 36.6 Å². The Kier molecular flexibility index (Phi) is 4.86. The van der Waals surface area contributed by atoms with Crippen LogP contribution < -0.4 is 4.74 Å². The molecule has 0 radical (unpaired) electrons. The molecule has 3 heteroatoms. The van der Waals surface area contributed by atoms with Crippen LogP contribution in [0.1, 0.15) is 36.8 Å². The number of unbranched alkanes of at least 4 members (excludes halogenated alkanes) is 1. The molecule has 1 aromatic heterocycles. The van der Waals surface area contributed by atoms with Gasteiger partial charge in [-0.15, -0.1) is 0 Å². The SMILES string of the molecule is CCCCc1nc(Cc2ccc(OC)cc2)nc2ccccc12. The summed E-state index contributed by atoms with van der Waals surface area (Å²) in [4.78, 5) is 9.57. The van der Waals surface area contributed by atoms with Gasteiger partial charge in [0.15, 0.2) is 0 Å². The lowest BCUT2D eigenvalue weighted by atomic mass is 10.1. The summed E-state index contributed by atoms with van der Waals surface area (Å²) in [5, 5.41) is 1.18. The summed E-state index contributed by atoms with van der Waals surface area (Å²) in [7, 11) is 1.68. The maximum Gasteiger partial charge on any atom is 0.133 e. The zero-order chi connectivity index (χ0) is 16.1. The number of aryl methyl sites for hydroxylation is 1. The number of ether oxygens (including phenoxy) is 1. The molecule has 23 heavy (non-hydrogen) atoms. The van der Waals surface area contributed by atoms with Gasteiger partial charge >= 0.3 is 0 Å². The minimum Gasteiger partial charge on any atom is -0.497 e. The van der Waals surface area contributed by atoms with Gasteiger partial charge in [0, 0.05) is 11.8 Å². The Bertz CT molecular complexity index is 781. The van der Waals surface area contributed by atoms with Crippen molar-refractivity contribution in [3.05, 3.63) is 65.6 Å². The molecular weight excluding hydrogens is 284 g/mol. The molecule has 0 aliphatic rings. The van der Waals surface area contributed by atoms with Gasteiger partial charge in [0.1, 0.15) is 11.6 Å². The van der Waals surface area contributed by atoms with Crippen LogP contribution in [0, 0.1) is 0 Å². The van der Waals surface area contributed by atoms with Crippen molar-refractivity contribution in [2.45, 2.75) is 32.6 Å². The predicted molar refractivity (Wildman–Crippen MR) is 94.0 cm³/mol. The fourth-order valence-corrected chi connectivity index (χ4v) is 2.74. The Morgan fingerprint density at radius 2 is 1.74 bits per heavy atom. The van der Waals surface area contributed by atoms with Gasteiger partial charge in [-0.25, -0.2) is 9.97 Å². The highest BCUT2D eigenvalue weighted by molar-refractivity contribution is 5.80. The highest BCUT2D eigenvalue weighted by Crippen LogP contribution is 2.19. The van der Waals surface area contributed by atoms with Gasteiger partial charge < -0.3 is 4.74 Å². The normalized spacial score (nSPS) is 10.9. The quantitative estimate of drug-likeness (QED) is 0.669. The zero-order valence-corrected chi connectivity index (χ0v) is 13.7. The minimum atomic E-state index is 0.744. The summed E-state index contributed by atoms with van der Waals surface area (Å²) < 4.78 is 5.21. The van der Waals surface area contributed by atoms with Crippen LogP contribution in [0.4, 0.5) is 0 Å². The third-order valence-corrected chi connectivity index (χ3v) is 4.02. The molecule has 3 rings (SSSR count). The summed E-state index contributed by atoms with van der Waals surface area (Å²) in [6.45, 7) is 2.21. The lowest BCUT2D eigenvalue weighted by molar-refractivity contribution is 0.414. The first-order chi connectivity index (χ1) is 11.3. The van der Waals surface area contributed by atoms with Gasteiger partial charge in [-0.2, -0.15) is 0 Å². The maximum absolute atomic E-state index is 5.21. The van der Waals surface area contributed by atoms with Gasteiger partial charge in [-0.1, -0.05) is 43.7 Å². The van der Waals surface area contributed by atoms with Gasteiger partial charge in [0.2, 0.25) is 0 Å². The standard InChI is InChI=1S/C20H22N2O/c1-3-4-8-18-17-7-5-6-9-19(17)22-20(21-18)14-15-10-12-16(23-2)13-11-15/h5-7,9-13H,3-4,8,14H2,1-2H3. The van der Waals surface area contributed by atoms with Crippen molar-refractivity contribution < 1.29 is 4.74 Å². The number of rotatable bonds is 6. The first-order valence-corrected chi connectivity index (χ1v) is 8.17. The van der Waals surface area contributed by atoms with Crippen molar-refractivity contribution in [2.24, 2.45) is 0 Å². The van der Waals surface area contributed by atoms with Crippen LogP contribution in [0.25, 0.3) is 10.9 Å². The lowest BCUT2D eigenvalue weighted by Crippen LogP contribution is -2.02. The molecule has 0 aliphatic heterocycles. The number of aromatic nitrogens is 2. The zero-order valence-electron chi connectivity index (χ0n) is 13.7. The van der Waals surface area contributed by atoms with E-state index in [0.717, 1.165) is 36.4 Å². The fourth-order valence-electron chi connectivity index (χ4n) is 2.74. The van der Waals surface area contributed by atoms with Crippen molar-refractivity contribution >= 4 is 10.9 Å². The average Bonchev–Trinajstić information content (AvgIpc) is 2.60. The van der Waals surface area contributed by atoms with Crippen LogP contribution in [0.2, 0.25) is 0 Å². The molecule has 0 unspecified atom stereocenters. The third kappa shape index (κ3) is 3.67. The van der Waals surface area contributed by atoms with Crippen molar-refractivity contribution in [3.8, 4) is 5.75 Å². The second-order valence-electron chi connectivity index (χ2n) is 5.73. The minimum absolute atomic E-state index is 0.744. The lowest BCUT2D eigenvalue weighted by Gasteiger charge is -2.09. The van der Waals surface area contributed by atoms with Gasteiger partial charge in [0.05, 0.1) is 18.3 Å². The summed E-state index contributed by atoms with van der Waals surface area (Å²) in [6.07, 6.45) is 4.08. The number of hydrogen-bond donors (Lipinski definition) is 0. The van der Waals surface area contributed by atoms with E-state index in [1.54, 1.807) is 7.11 Å². The fraction of sp³-hybridized carbons (Fsp3) is 0.300. The number of methoxy groups -OCH3 is 1. The Hall–Kier alpha value is -2.42. The van der Waals surface area contributed by atoms with E-state index in [1.165, 1.54) is 23.1 Å². The first kappa shape index (κ1) is 15.5. The Balaban J connectivity index is 1.93.